The van der Waals surface area contributed by atoms with Crippen molar-refractivity contribution in [3.63, 3.8) is 0 Å². The van der Waals surface area contributed by atoms with Crippen LogP contribution in [0.3, 0.4) is 0 Å². The average molecular weight is 356 g/mol. The Morgan fingerprint density at radius 3 is 2.25 bits per heavy atom. The first-order chi connectivity index (χ1) is 9.33. The zero-order valence-corrected chi connectivity index (χ0v) is 13.3. The minimum absolute atomic E-state index is 0.433. The average Bonchev–Trinajstić information content (AvgIpc) is 2.38. The van der Waals surface area contributed by atoms with Gasteiger partial charge in [0.25, 0.3) is 0 Å². The van der Waals surface area contributed by atoms with Crippen LogP contribution in [0.4, 0.5) is 13.2 Å². The molecule has 1 aromatic carbocycles. The maximum absolute atomic E-state index is 12.7. The number of benzene rings is 1. The van der Waals surface area contributed by atoms with Crippen molar-refractivity contribution < 1.29 is 22.6 Å². The Labute approximate surface area is 122 Å². The number of rotatable bonds is 6. The van der Waals surface area contributed by atoms with E-state index in [0.29, 0.717) is 28.9 Å². The molecule has 2 N–H and O–H groups in total. The van der Waals surface area contributed by atoms with E-state index < -0.39 is 25.9 Å². The Balaban J connectivity index is 3.12. The summed E-state index contributed by atoms with van der Waals surface area (Å²) in [5.74, 6) is 1.02. The topological polar surface area (TPSA) is 44.5 Å². The summed E-state index contributed by atoms with van der Waals surface area (Å²) in [4.78, 5) is -1.38. The molecule has 0 aliphatic rings. The van der Waals surface area contributed by atoms with Crippen LogP contribution in [-0.2, 0) is 6.42 Å². The molecule has 1 unspecified atom stereocenters. The van der Waals surface area contributed by atoms with Crippen LogP contribution in [0.1, 0.15) is 12.5 Å². The predicted molar refractivity (Wildman–Crippen MR) is 73.2 cm³/mol. The van der Waals surface area contributed by atoms with Crippen LogP contribution in [0.5, 0.6) is 11.5 Å². The van der Waals surface area contributed by atoms with Crippen molar-refractivity contribution in [1.82, 2.24) is 0 Å². The summed E-state index contributed by atoms with van der Waals surface area (Å²) in [6.07, 6.45) is -3.62. The molecule has 1 atom stereocenters. The normalized spacial score (nSPS) is 13.2. The van der Waals surface area contributed by atoms with Gasteiger partial charge in [0.2, 0.25) is 0 Å². The van der Waals surface area contributed by atoms with Crippen molar-refractivity contribution in [3.05, 3.63) is 17.7 Å². The Morgan fingerprint density at radius 2 is 1.80 bits per heavy atom. The van der Waals surface area contributed by atoms with Crippen LogP contribution in [-0.4, -0.2) is 41.9 Å². The van der Waals surface area contributed by atoms with E-state index in [1.165, 1.54) is 21.1 Å². The van der Waals surface area contributed by atoms with E-state index in [1.54, 1.807) is 12.1 Å². The van der Waals surface area contributed by atoms with Gasteiger partial charge in [0, 0.05) is 0 Å². The van der Waals surface area contributed by atoms with Crippen LogP contribution in [0.25, 0.3) is 0 Å². The van der Waals surface area contributed by atoms with Crippen molar-refractivity contribution in [1.29, 1.82) is 0 Å². The van der Waals surface area contributed by atoms with E-state index in [1.807, 2.05) is 0 Å². The fourth-order valence-corrected chi connectivity index (χ4v) is 3.62. The molecule has 0 spiro atoms. The molecule has 20 heavy (non-hydrogen) atoms. The monoisotopic (exact) mass is 357 g/mol. The van der Waals surface area contributed by atoms with Crippen LogP contribution in [0, 0.1) is 0 Å². The summed E-state index contributed by atoms with van der Waals surface area (Å²) in [5, 5.41) is 0. The number of ether oxygens (including phenoxy) is 2. The SMILES string of the molecule is COc1cc([Se]C(C)C(F)(F)F)c(OC)cc1CCN. The number of hydrogen-bond donors (Lipinski definition) is 1. The van der Waals surface area contributed by atoms with Crippen molar-refractivity contribution in [3.8, 4) is 11.5 Å². The van der Waals surface area contributed by atoms with Gasteiger partial charge in [-0.25, -0.2) is 0 Å². The molecule has 3 nitrogen and oxygen atoms in total. The molecule has 0 bridgehead atoms. The Bertz CT molecular complexity index is 452. The first-order valence-electron chi connectivity index (χ1n) is 6.01. The molecule has 7 heteroatoms. The van der Waals surface area contributed by atoms with Crippen LogP contribution in [0.15, 0.2) is 12.1 Å². The van der Waals surface area contributed by atoms with Gasteiger partial charge < -0.3 is 0 Å². The summed E-state index contributed by atoms with van der Waals surface area (Å²) in [6, 6.07) is 3.35. The first kappa shape index (κ1) is 17.1. The summed E-state index contributed by atoms with van der Waals surface area (Å²) >= 11 is -0.780. The zero-order valence-electron chi connectivity index (χ0n) is 11.6. The van der Waals surface area contributed by atoms with E-state index in [9.17, 15) is 13.2 Å². The van der Waals surface area contributed by atoms with Gasteiger partial charge in [0.15, 0.2) is 0 Å². The number of nitrogens with two attached hydrogens (primary N) is 1. The number of methoxy groups -OCH3 is 2. The second-order valence-electron chi connectivity index (χ2n) is 4.16. The van der Waals surface area contributed by atoms with Gasteiger partial charge >= 0.3 is 122 Å². The van der Waals surface area contributed by atoms with Gasteiger partial charge in [0.05, 0.1) is 0 Å². The van der Waals surface area contributed by atoms with E-state index in [0.717, 1.165) is 5.56 Å². The van der Waals surface area contributed by atoms with Crippen LogP contribution < -0.4 is 19.7 Å². The van der Waals surface area contributed by atoms with E-state index in [2.05, 4.69) is 0 Å². The fourth-order valence-electron chi connectivity index (χ4n) is 1.63. The first-order valence-corrected chi connectivity index (χ1v) is 7.86. The quantitative estimate of drug-likeness (QED) is 0.792. The van der Waals surface area contributed by atoms with Gasteiger partial charge in [-0.2, -0.15) is 0 Å². The molecule has 0 heterocycles. The third kappa shape index (κ3) is 4.30. The third-order valence-corrected chi connectivity index (χ3v) is 5.25. The Kier molecular flexibility index (Phi) is 6.17. The molecular formula is C13H18F3NO2Se. The second kappa shape index (κ2) is 7.20. The predicted octanol–water partition coefficient (Wildman–Crippen LogP) is 1.91. The second-order valence-corrected chi connectivity index (χ2v) is 7.06. The molecule has 0 saturated heterocycles. The molecular weight excluding hydrogens is 338 g/mol. The van der Waals surface area contributed by atoms with Gasteiger partial charge in [-0.05, 0) is 0 Å². The van der Waals surface area contributed by atoms with Crippen molar-refractivity contribution in [2.24, 2.45) is 5.73 Å². The Hall–Kier alpha value is -0.911. The summed E-state index contributed by atoms with van der Waals surface area (Å²) in [6.45, 7) is 1.61. The zero-order chi connectivity index (χ0) is 15.3. The van der Waals surface area contributed by atoms with E-state index in [-0.39, 0.29) is 0 Å². The van der Waals surface area contributed by atoms with Crippen molar-refractivity contribution >= 4 is 19.4 Å². The molecule has 0 aliphatic heterocycles. The number of alkyl halides is 3. The molecule has 1 rings (SSSR count). The maximum atomic E-state index is 12.7. The van der Waals surface area contributed by atoms with Crippen LogP contribution in [0.2, 0.25) is 4.82 Å². The van der Waals surface area contributed by atoms with Crippen molar-refractivity contribution in [2.45, 2.75) is 24.3 Å². The molecule has 0 aliphatic carbocycles. The molecule has 0 saturated carbocycles. The summed E-state index contributed by atoms with van der Waals surface area (Å²) in [5.41, 5.74) is 6.35. The number of hydrogen-bond acceptors (Lipinski definition) is 3. The van der Waals surface area contributed by atoms with E-state index in [4.69, 9.17) is 15.2 Å². The van der Waals surface area contributed by atoms with E-state index >= 15 is 0 Å². The van der Waals surface area contributed by atoms with Crippen LogP contribution >= 0.6 is 0 Å². The van der Waals surface area contributed by atoms with Gasteiger partial charge in [-0.1, -0.05) is 0 Å². The Morgan fingerprint density at radius 1 is 1.20 bits per heavy atom. The third-order valence-electron chi connectivity index (χ3n) is 2.75. The molecule has 1 aromatic rings. The van der Waals surface area contributed by atoms with Gasteiger partial charge in [-0.15, -0.1) is 0 Å². The van der Waals surface area contributed by atoms with Gasteiger partial charge in [0.1, 0.15) is 0 Å². The van der Waals surface area contributed by atoms with Crippen molar-refractivity contribution in [2.75, 3.05) is 20.8 Å². The summed E-state index contributed by atoms with van der Waals surface area (Å²) in [7, 11) is 2.94. The fraction of sp³-hybridized carbons (Fsp3) is 0.538. The molecule has 0 fully saturated rings. The standard InChI is InChI=1S/C13H18F3NO2Se/c1-8(13(14,15)16)20-12-7-10(18-2)9(4-5-17)6-11(12)19-3/h6-8H,4-5,17H2,1-3H3. The molecule has 0 radical (unpaired) electrons. The number of halogens is 3. The van der Waals surface area contributed by atoms with Gasteiger partial charge in [-0.3, -0.25) is 0 Å². The minimum atomic E-state index is -4.20. The molecule has 0 aromatic heterocycles. The molecule has 114 valence electrons. The summed E-state index contributed by atoms with van der Waals surface area (Å²) < 4.78 is 49.0. The molecule has 0 amide bonds.